The lowest BCUT2D eigenvalue weighted by molar-refractivity contribution is 0.162. The molecule has 0 amide bonds. The van der Waals surface area contributed by atoms with E-state index >= 15 is 0 Å². The van der Waals surface area contributed by atoms with Gasteiger partial charge in [0, 0.05) is 25.2 Å². The van der Waals surface area contributed by atoms with E-state index in [1.54, 1.807) is 0 Å². The third-order valence-corrected chi connectivity index (χ3v) is 2.42. The Morgan fingerprint density at radius 3 is 2.25 bits per heavy atom. The first-order valence-electron chi connectivity index (χ1n) is 7.14. The van der Waals surface area contributed by atoms with Crippen LogP contribution in [0.5, 0.6) is 0 Å². The highest BCUT2D eigenvalue weighted by Crippen LogP contribution is 2.00. The fourth-order valence-corrected chi connectivity index (χ4v) is 1.37. The number of unbranched alkanes of at least 4 members (excludes halogenated alkanes) is 2. The van der Waals surface area contributed by atoms with Gasteiger partial charge in [0.15, 0.2) is 5.71 Å². The van der Waals surface area contributed by atoms with Gasteiger partial charge in [-0.05, 0) is 26.2 Å². The molecule has 1 rings (SSSR count). The van der Waals surface area contributed by atoms with Crippen molar-refractivity contribution in [3.05, 3.63) is 35.9 Å². The Bertz CT molecular complexity index is 414. The van der Waals surface area contributed by atoms with Crippen molar-refractivity contribution in [3.63, 3.8) is 0 Å². The van der Waals surface area contributed by atoms with Crippen LogP contribution in [0.25, 0.3) is 0 Å². The predicted molar refractivity (Wildman–Crippen MR) is 84.2 cm³/mol. The molecule has 0 aliphatic heterocycles. The van der Waals surface area contributed by atoms with E-state index in [9.17, 15) is 0 Å². The molecule has 20 heavy (non-hydrogen) atoms. The molecule has 0 saturated heterocycles. The number of hydrogen-bond acceptors (Lipinski definition) is 3. The summed E-state index contributed by atoms with van der Waals surface area (Å²) in [4.78, 5) is 0. The number of nitrogens with zero attached hydrogens (tertiary/aromatic N) is 1. The third kappa shape index (κ3) is 9.18. The van der Waals surface area contributed by atoms with Crippen molar-refractivity contribution in [2.24, 2.45) is 5.16 Å². The summed E-state index contributed by atoms with van der Waals surface area (Å²) in [6.07, 6.45) is 3.06. The molecule has 1 aromatic rings. The van der Waals surface area contributed by atoms with E-state index in [2.05, 4.69) is 23.9 Å². The number of oxime groups is 1. The molecule has 0 aliphatic rings. The average Bonchev–Trinajstić information content (AvgIpc) is 2.50. The van der Waals surface area contributed by atoms with Gasteiger partial charge in [0.25, 0.3) is 0 Å². The number of hydrogen-bond donors (Lipinski definition) is 1. The maximum Gasteiger partial charge on any atom is 0.159 e. The minimum Gasteiger partial charge on any atom is -0.410 e. The van der Waals surface area contributed by atoms with Gasteiger partial charge in [0.1, 0.15) is 0 Å². The largest absolute Gasteiger partial charge is 0.410 e. The van der Waals surface area contributed by atoms with Gasteiger partial charge in [0.2, 0.25) is 0 Å². The summed E-state index contributed by atoms with van der Waals surface area (Å²) in [5.74, 6) is 5.87. The van der Waals surface area contributed by atoms with E-state index in [0.29, 0.717) is 5.71 Å². The molecule has 1 N–H and O–H groups in total. The van der Waals surface area contributed by atoms with E-state index in [-0.39, 0.29) is 0 Å². The molecule has 0 bridgehead atoms. The molecule has 0 fully saturated rings. The van der Waals surface area contributed by atoms with Gasteiger partial charge < -0.3 is 9.94 Å². The van der Waals surface area contributed by atoms with E-state index in [0.717, 1.165) is 38.0 Å². The Balaban J connectivity index is 0.000000621. The molecular formula is C17H25NO2. The molecule has 110 valence electrons. The van der Waals surface area contributed by atoms with Crippen LogP contribution in [0, 0.1) is 11.8 Å². The fourth-order valence-electron chi connectivity index (χ4n) is 1.37. The number of ether oxygens (including phenoxy) is 1. The molecule has 0 heterocycles. The second kappa shape index (κ2) is 13.6. The van der Waals surface area contributed by atoms with Gasteiger partial charge >= 0.3 is 0 Å². The quantitative estimate of drug-likeness (QED) is 0.289. The zero-order valence-electron chi connectivity index (χ0n) is 12.7. The molecule has 3 nitrogen and oxygen atoms in total. The summed E-state index contributed by atoms with van der Waals surface area (Å²) < 4.78 is 4.83. The zero-order chi connectivity index (χ0) is 15.1. The highest BCUT2D eigenvalue weighted by molar-refractivity contribution is 6.12. The van der Waals surface area contributed by atoms with Crippen LogP contribution in [-0.4, -0.2) is 24.1 Å². The van der Waals surface area contributed by atoms with Crippen molar-refractivity contribution in [1.82, 2.24) is 0 Å². The maximum absolute atomic E-state index is 8.82. The van der Waals surface area contributed by atoms with Gasteiger partial charge in [-0.2, -0.15) is 0 Å². The SMILES string of the molecule is CCCCC#C/C(=N\O)c1ccccc1.CCOCC. The Hall–Kier alpha value is -1.79. The molecule has 3 heteroatoms. The van der Waals surface area contributed by atoms with E-state index in [1.165, 1.54) is 0 Å². The lowest BCUT2D eigenvalue weighted by atomic mass is 10.1. The molecule has 0 aromatic heterocycles. The first-order valence-corrected chi connectivity index (χ1v) is 7.14. The van der Waals surface area contributed by atoms with Crippen LogP contribution in [0.15, 0.2) is 35.5 Å². The molecule has 1 aromatic carbocycles. The van der Waals surface area contributed by atoms with Crippen molar-refractivity contribution in [3.8, 4) is 11.8 Å². The molecule has 0 radical (unpaired) electrons. The highest BCUT2D eigenvalue weighted by atomic mass is 16.5. The molecule has 0 spiro atoms. The van der Waals surface area contributed by atoms with E-state index < -0.39 is 0 Å². The van der Waals surface area contributed by atoms with Gasteiger partial charge in [-0.1, -0.05) is 54.8 Å². The number of rotatable bonds is 5. The lowest BCUT2D eigenvalue weighted by Crippen LogP contribution is -1.96. The van der Waals surface area contributed by atoms with Crippen LogP contribution in [0.4, 0.5) is 0 Å². The third-order valence-electron chi connectivity index (χ3n) is 2.42. The predicted octanol–water partition coefficient (Wildman–Crippen LogP) is 4.10. The summed E-state index contributed by atoms with van der Waals surface area (Å²) in [6.45, 7) is 7.79. The van der Waals surface area contributed by atoms with Crippen LogP contribution in [-0.2, 0) is 4.74 Å². The maximum atomic E-state index is 8.82. The van der Waals surface area contributed by atoms with Gasteiger partial charge in [-0.3, -0.25) is 0 Å². The van der Waals surface area contributed by atoms with Crippen molar-refractivity contribution >= 4 is 5.71 Å². The molecule has 0 aliphatic carbocycles. The Labute approximate surface area is 122 Å². The second-order valence-corrected chi connectivity index (χ2v) is 4.00. The lowest BCUT2D eigenvalue weighted by Gasteiger charge is -1.94. The van der Waals surface area contributed by atoms with Crippen LogP contribution >= 0.6 is 0 Å². The Morgan fingerprint density at radius 2 is 1.80 bits per heavy atom. The summed E-state index contributed by atoms with van der Waals surface area (Å²) in [5.41, 5.74) is 1.29. The topological polar surface area (TPSA) is 41.8 Å². The first-order chi connectivity index (χ1) is 9.79. The summed E-state index contributed by atoms with van der Waals surface area (Å²) >= 11 is 0. The summed E-state index contributed by atoms with van der Waals surface area (Å²) in [6, 6.07) is 9.47. The minimum atomic E-state index is 0.437. The van der Waals surface area contributed by atoms with Crippen LogP contribution in [0.2, 0.25) is 0 Å². The smallest absolute Gasteiger partial charge is 0.159 e. The van der Waals surface area contributed by atoms with Gasteiger partial charge in [-0.25, -0.2) is 0 Å². The first kappa shape index (κ1) is 18.2. The molecular weight excluding hydrogens is 250 g/mol. The zero-order valence-corrected chi connectivity index (χ0v) is 12.7. The fraction of sp³-hybridized carbons (Fsp3) is 0.471. The molecule has 0 saturated carbocycles. The highest BCUT2D eigenvalue weighted by Gasteiger charge is 1.97. The van der Waals surface area contributed by atoms with Gasteiger partial charge in [-0.15, -0.1) is 0 Å². The molecule has 0 atom stereocenters. The normalized spacial score (nSPS) is 10.1. The van der Waals surface area contributed by atoms with Crippen molar-refractivity contribution < 1.29 is 9.94 Å². The summed E-state index contributed by atoms with van der Waals surface area (Å²) in [5, 5.41) is 12.0. The minimum absolute atomic E-state index is 0.437. The second-order valence-electron chi connectivity index (χ2n) is 4.00. The van der Waals surface area contributed by atoms with Crippen LogP contribution in [0.1, 0.15) is 45.6 Å². The Kier molecular flexibility index (Phi) is 12.4. The van der Waals surface area contributed by atoms with Crippen molar-refractivity contribution in [2.75, 3.05) is 13.2 Å². The van der Waals surface area contributed by atoms with Gasteiger partial charge in [0.05, 0.1) is 0 Å². The van der Waals surface area contributed by atoms with E-state index in [4.69, 9.17) is 9.94 Å². The standard InChI is InChI=1S/C13H15NO.C4H10O/c1-2-3-4-8-11-13(14-15)12-9-6-5-7-10-12;1-3-5-4-2/h5-7,9-10,15H,2-4H2,1H3;3-4H2,1-2H3/b14-13+;. The van der Waals surface area contributed by atoms with Crippen LogP contribution < -0.4 is 0 Å². The summed E-state index contributed by atoms with van der Waals surface area (Å²) in [7, 11) is 0. The molecule has 0 unspecified atom stereocenters. The van der Waals surface area contributed by atoms with E-state index in [1.807, 2.05) is 44.2 Å². The Morgan fingerprint density at radius 1 is 1.15 bits per heavy atom. The van der Waals surface area contributed by atoms with Crippen LogP contribution in [0.3, 0.4) is 0 Å². The van der Waals surface area contributed by atoms with Crippen molar-refractivity contribution in [1.29, 1.82) is 0 Å². The average molecular weight is 275 g/mol. The monoisotopic (exact) mass is 275 g/mol. The number of benzene rings is 1. The van der Waals surface area contributed by atoms with Crippen molar-refractivity contribution in [2.45, 2.75) is 40.0 Å².